The van der Waals surface area contributed by atoms with Gasteiger partial charge < -0.3 is 14.0 Å². The van der Waals surface area contributed by atoms with E-state index < -0.39 is 11.9 Å². The lowest BCUT2D eigenvalue weighted by atomic mass is 10.1. The first-order valence-electron chi connectivity index (χ1n) is 12.7. The summed E-state index contributed by atoms with van der Waals surface area (Å²) < 4.78 is 53.5. The van der Waals surface area contributed by atoms with E-state index in [0.29, 0.717) is 45.2 Å². The van der Waals surface area contributed by atoms with Gasteiger partial charge in [0.05, 0.1) is 32.0 Å². The van der Waals surface area contributed by atoms with Crippen molar-refractivity contribution in [1.82, 2.24) is 34.1 Å². The lowest BCUT2D eigenvalue weighted by Gasteiger charge is -2.14. The molecule has 1 saturated carbocycles. The molecular formula is C28H24F3N7O3. The zero-order valence-electron chi connectivity index (χ0n) is 22.3. The van der Waals surface area contributed by atoms with Gasteiger partial charge in [-0.1, -0.05) is 6.07 Å². The number of hydrogen-bond donors (Lipinski definition) is 0. The van der Waals surface area contributed by atoms with E-state index in [9.17, 15) is 18.0 Å². The second kappa shape index (κ2) is 9.98. The first-order valence-corrected chi connectivity index (χ1v) is 12.7. The molecule has 0 saturated heterocycles. The third-order valence-electron chi connectivity index (χ3n) is 6.96. The summed E-state index contributed by atoms with van der Waals surface area (Å²) in [5, 5.41) is 0.647. The molecule has 1 aromatic carbocycles. The van der Waals surface area contributed by atoms with Crippen LogP contribution in [0.4, 0.5) is 13.2 Å². The van der Waals surface area contributed by atoms with Crippen LogP contribution in [0.25, 0.3) is 33.8 Å². The van der Waals surface area contributed by atoms with Gasteiger partial charge in [-0.15, -0.1) is 0 Å². The number of halogens is 3. The minimum atomic E-state index is -4.57. The minimum absolute atomic E-state index is 0.103. The van der Waals surface area contributed by atoms with E-state index >= 15 is 0 Å². The number of hydrogen-bond acceptors (Lipinski definition) is 8. The van der Waals surface area contributed by atoms with E-state index in [-0.39, 0.29) is 23.8 Å². The maximum Gasteiger partial charge on any atom is 0.434 e. The Morgan fingerprint density at radius 2 is 1.83 bits per heavy atom. The number of pyridine rings is 1. The maximum atomic E-state index is 13.2. The summed E-state index contributed by atoms with van der Waals surface area (Å²) in [7, 11) is 4.43. The third kappa shape index (κ3) is 4.87. The zero-order valence-corrected chi connectivity index (χ0v) is 22.3. The molecule has 1 fully saturated rings. The second-order valence-corrected chi connectivity index (χ2v) is 9.74. The number of fused-ring (bicyclic) bond motifs is 1. The number of nitrogens with zero attached hydrogens (tertiary/aromatic N) is 7. The van der Waals surface area contributed by atoms with Crippen LogP contribution in [-0.2, 0) is 19.8 Å². The summed E-state index contributed by atoms with van der Waals surface area (Å²) in [5.74, 6) is 1.39. The van der Waals surface area contributed by atoms with Gasteiger partial charge in [0.25, 0.3) is 5.56 Å². The van der Waals surface area contributed by atoms with E-state index in [0.717, 1.165) is 24.7 Å². The molecule has 0 aliphatic heterocycles. The number of benzene rings is 1. The van der Waals surface area contributed by atoms with Crippen LogP contribution >= 0.6 is 0 Å². The highest BCUT2D eigenvalue weighted by molar-refractivity contribution is 5.78. The molecule has 1 aliphatic carbocycles. The summed E-state index contributed by atoms with van der Waals surface area (Å²) >= 11 is 0. The highest BCUT2D eigenvalue weighted by atomic mass is 19.4. The van der Waals surface area contributed by atoms with Crippen LogP contribution in [-0.4, -0.2) is 48.3 Å². The van der Waals surface area contributed by atoms with E-state index in [4.69, 9.17) is 14.5 Å². The fraction of sp³-hybridized carbons (Fsp3) is 0.286. The average Bonchev–Trinajstić information content (AvgIpc) is 3.74. The van der Waals surface area contributed by atoms with Crippen LogP contribution in [0.15, 0.2) is 53.8 Å². The Kier molecular flexibility index (Phi) is 6.43. The Balaban J connectivity index is 1.42. The van der Waals surface area contributed by atoms with Gasteiger partial charge in [-0.25, -0.2) is 24.9 Å². The highest BCUT2D eigenvalue weighted by Gasteiger charge is 2.35. The van der Waals surface area contributed by atoms with Crippen LogP contribution < -0.4 is 15.0 Å². The van der Waals surface area contributed by atoms with Crippen molar-refractivity contribution in [3.63, 3.8) is 0 Å². The van der Waals surface area contributed by atoms with Crippen molar-refractivity contribution in [3.05, 3.63) is 76.4 Å². The number of methoxy groups -OCH3 is 2. The normalized spacial score (nSPS) is 13.5. The molecule has 0 spiro atoms. The molecule has 0 N–H and O–H groups in total. The number of ether oxygens (including phenoxy) is 2. The third-order valence-corrected chi connectivity index (χ3v) is 6.96. The first-order chi connectivity index (χ1) is 19.7. The summed E-state index contributed by atoms with van der Waals surface area (Å²) in [6.45, 7) is 0.121. The number of aryl methyl sites for hydroxylation is 1. The largest absolute Gasteiger partial charge is 0.496 e. The molecule has 6 rings (SSSR count). The van der Waals surface area contributed by atoms with Gasteiger partial charge in [0, 0.05) is 36.8 Å². The van der Waals surface area contributed by atoms with Crippen molar-refractivity contribution in [2.24, 2.45) is 7.05 Å². The lowest BCUT2D eigenvalue weighted by Crippen LogP contribution is -2.21. The molecule has 13 heteroatoms. The molecule has 0 atom stereocenters. The number of rotatable bonds is 7. The molecule has 5 aromatic rings. The van der Waals surface area contributed by atoms with E-state index in [1.54, 1.807) is 30.5 Å². The van der Waals surface area contributed by atoms with Crippen molar-refractivity contribution in [1.29, 1.82) is 0 Å². The van der Waals surface area contributed by atoms with Crippen molar-refractivity contribution >= 4 is 11.0 Å². The molecule has 0 bridgehead atoms. The van der Waals surface area contributed by atoms with Crippen molar-refractivity contribution < 1.29 is 22.6 Å². The van der Waals surface area contributed by atoms with Crippen molar-refractivity contribution in [3.8, 4) is 34.4 Å². The number of imidazole rings is 1. The SMILES string of the molecule is COc1cc(Cn2c(=O)ccc3cnc(-c4c(OC)ncnc4C4CC4)nc32)ccc1-c1nc(C(F)(F)F)cn1C. The summed E-state index contributed by atoms with van der Waals surface area (Å²) in [4.78, 5) is 34.9. The standard InChI is InChI=1S/C28H24F3N7O3/c1-37-13-20(28(29,30)31)35-26(37)18-8-4-15(10-19(18)40-2)12-38-21(39)9-7-17-11-32-24(36-25(17)38)22-23(16-5-6-16)33-14-34-27(22)41-3/h4,7-11,13-14,16H,5-6,12H2,1-3H3. The number of aromatic nitrogens is 7. The van der Waals surface area contributed by atoms with Crippen LogP contribution in [0, 0.1) is 0 Å². The van der Waals surface area contributed by atoms with Crippen molar-refractivity contribution in [2.75, 3.05) is 14.2 Å². The second-order valence-electron chi connectivity index (χ2n) is 9.74. The predicted octanol–water partition coefficient (Wildman–Crippen LogP) is 4.61. The Bertz CT molecular complexity index is 1840. The maximum absolute atomic E-state index is 13.2. The molecular weight excluding hydrogens is 539 g/mol. The quantitative estimate of drug-likeness (QED) is 0.282. The summed E-state index contributed by atoms with van der Waals surface area (Å²) in [5.41, 5.74) is 1.58. The topological polar surface area (TPSA) is 110 Å². The van der Waals surface area contributed by atoms with Crippen LogP contribution in [0.5, 0.6) is 11.6 Å². The van der Waals surface area contributed by atoms with Crippen molar-refractivity contribution in [2.45, 2.75) is 31.5 Å². The molecule has 1 aliphatic rings. The van der Waals surface area contributed by atoms with E-state index in [1.807, 2.05) is 0 Å². The fourth-order valence-electron chi connectivity index (χ4n) is 4.81. The lowest BCUT2D eigenvalue weighted by molar-refractivity contribution is -0.140. The zero-order chi connectivity index (χ0) is 28.9. The Morgan fingerprint density at radius 3 is 2.51 bits per heavy atom. The van der Waals surface area contributed by atoms with Gasteiger partial charge in [0.2, 0.25) is 5.88 Å². The minimum Gasteiger partial charge on any atom is -0.496 e. The van der Waals surface area contributed by atoms with Gasteiger partial charge in [-0.05, 0) is 36.6 Å². The van der Waals surface area contributed by atoms with Crippen LogP contribution in [0.3, 0.4) is 0 Å². The monoisotopic (exact) mass is 563 g/mol. The van der Waals surface area contributed by atoms with E-state index in [2.05, 4.69) is 19.9 Å². The molecule has 41 heavy (non-hydrogen) atoms. The Morgan fingerprint density at radius 1 is 1.02 bits per heavy atom. The molecule has 0 radical (unpaired) electrons. The van der Waals surface area contributed by atoms with Gasteiger partial charge in [-0.3, -0.25) is 9.36 Å². The van der Waals surface area contributed by atoms with Crippen LogP contribution in [0.1, 0.15) is 35.7 Å². The Labute approximate surface area is 231 Å². The number of alkyl halides is 3. The molecule has 0 amide bonds. The van der Waals surface area contributed by atoms with Gasteiger partial charge in [-0.2, -0.15) is 13.2 Å². The molecule has 4 heterocycles. The molecule has 0 unspecified atom stereocenters. The molecule has 210 valence electrons. The predicted molar refractivity (Wildman–Crippen MR) is 143 cm³/mol. The van der Waals surface area contributed by atoms with Gasteiger partial charge in [0.1, 0.15) is 29.1 Å². The van der Waals surface area contributed by atoms with E-state index in [1.165, 1.54) is 42.8 Å². The van der Waals surface area contributed by atoms with Gasteiger partial charge >= 0.3 is 6.18 Å². The van der Waals surface area contributed by atoms with Gasteiger partial charge in [0.15, 0.2) is 11.5 Å². The van der Waals surface area contributed by atoms with Crippen LogP contribution in [0.2, 0.25) is 0 Å². The molecule has 10 nitrogen and oxygen atoms in total. The average molecular weight is 564 g/mol. The smallest absolute Gasteiger partial charge is 0.434 e. The first kappa shape index (κ1) is 26.4. The highest BCUT2D eigenvalue weighted by Crippen LogP contribution is 2.45. The summed E-state index contributed by atoms with van der Waals surface area (Å²) in [6.07, 6.45) is 1.45. The summed E-state index contributed by atoms with van der Waals surface area (Å²) in [6, 6.07) is 8.10. The fourth-order valence-corrected chi connectivity index (χ4v) is 4.81. The Hall–Kier alpha value is -4.81. The molecule has 4 aromatic heterocycles.